The van der Waals surface area contributed by atoms with E-state index in [4.69, 9.17) is 4.74 Å². The van der Waals surface area contributed by atoms with Crippen LogP contribution in [0, 0.1) is 5.92 Å². The molecule has 0 radical (unpaired) electrons. The second-order valence-corrected chi connectivity index (χ2v) is 6.30. The first-order chi connectivity index (χ1) is 12.0. The van der Waals surface area contributed by atoms with Crippen LogP contribution in [0.15, 0.2) is 53.5 Å². The summed E-state index contributed by atoms with van der Waals surface area (Å²) in [7, 11) is 1.33. The fourth-order valence-corrected chi connectivity index (χ4v) is 2.89. The summed E-state index contributed by atoms with van der Waals surface area (Å²) in [6, 6.07) is 14.5. The molecule has 5 nitrogen and oxygen atoms in total. The smallest absolute Gasteiger partial charge is 0.340 e. The summed E-state index contributed by atoms with van der Waals surface area (Å²) < 4.78 is 4.81. The number of nitrogens with zero attached hydrogens (tertiary/aromatic N) is 2. The second kappa shape index (κ2) is 6.89. The topological polar surface area (TPSA) is 59.0 Å². The molecule has 0 spiro atoms. The van der Waals surface area contributed by atoms with Crippen LogP contribution in [0.3, 0.4) is 0 Å². The van der Waals surface area contributed by atoms with Crippen molar-refractivity contribution < 1.29 is 14.3 Å². The van der Waals surface area contributed by atoms with Gasteiger partial charge in [0.05, 0.1) is 24.0 Å². The van der Waals surface area contributed by atoms with Gasteiger partial charge in [-0.1, -0.05) is 44.2 Å². The third-order valence-electron chi connectivity index (χ3n) is 3.99. The number of rotatable bonds is 4. The number of carbonyl (C=O) groups excluding carboxylic acids is 2. The lowest BCUT2D eigenvalue weighted by Crippen LogP contribution is -2.33. The summed E-state index contributed by atoms with van der Waals surface area (Å²) in [5.74, 6) is -0.286. The number of hydrogen-bond donors (Lipinski definition) is 0. The number of esters is 1. The Morgan fingerprint density at radius 3 is 2.52 bits per heavy atom. The molecule has 0 aliphatic carbocycles. The highest BCUT2D eigenvalue weighted by molar-refractivity contribution is 6.54. The van der Waals surface area contributed by atoms with Crippen molar-refractivity contribution in [1.29, 1.82) is 0 Å². The molecule has 0 atom stereocenters. The van der Waals surface area contributed by atoms with Crippen LogP contribution in [-0.2, 0) is 9.53 Å². The zero-order valence-corrected chi connectivity index (χ0v) is 14.5. The Kier molecular flexibility index (Phi) is 4.65. The summed E-state index contributed by atoms with van der Waals surface area (Å²) in [5.41, 5.74) is 2.76. The first-order valence-electron chi connectivity index (χ1n) is 8.20. The van der Waals surface area contributed by atoms with Crippen LogP contribution in [-0.4, -0.2) is 31.2 Å². The molecule has 128 valence electrons. The van der Waals surface area contributed by atoms with Gasteiger partial charge in [0.15, 0.2) is 0 Å². The number of para-hydroxylation sites is 2. The van der Waals surface area contributed by atoms with Gasteiger partial charge in [0, 0.05) is 12.1 Å². The normalized spacial score (nSPS) is 15.0. The Hall–Kier alpha value is -2.95. The fraction of sp³-hybridized carbons (Fsp3) is 0.250. The van der Waals surface area contributed by atoms with Crippen molar-refractivity contribution in [1.82, 2.24) is 0 Å². The van der Waals surface area contributed by atoms with Crippen LogP contribution in [0.25, 0.3) is 0 Å². The van der Waals surface area contributed by atoms with Crippen molar-refractivity contribution in [3.63, 3.8) is 0 Å². The van der Waals surface area contributed by atoms with E-state index in [0.29, 0.717) is 29.4 Å². The molecule has 1 heterocycles. The van der Waals surface area contributed by atoms with Crippen LogP contribution in [0.1, 0.15) is 29.8 Å². The minimum atomic E-state index is -0.474. The molecule has 0 N–H and O–H groups in total. The highest BCUT2D eigenvalue weighted by Gasteiger charge is 2.34. The monoisotopic (exact) mass is 336 g/mol. The lowest BCUT2D eigenvalue weighted by molar-refractivity contribution is -0.112. The van der Waals surface area contributed by atoms with Crippen molar-refractivity contribution >= 4 is 29.0 Å². The number of amides is 1. The molecule has 0 saturated carbocycles. The van der Waals surface area contributed by atoms with Crippen molar-refractivity contribution in [3.05, 3.63) is 59.7 Å². The van der Waals surface area contributed by atoms with E-state index in [1.807, 2.05) is 24.3 Å². The molecule has 5 heteroatoms. The highest BCUT2D eigenvalue weighted by atomic mass is 16.5. The van der Waals surface area contributed by atoms with E-state index < -0.39 is 5.97 Å². The van der Waals surface area contributed by atoms with Gasteiger partial charge in [-0.25, -0.2) is 9.79 Å². The zero-order valence-electron chi connectivity index (χ0n) is 14.5. The van der Waals surface area contributed by atoms with Crippen molar-refractivity contribution in [2.45, 2.75) is 13.8 Å². The maximum atomic E-state index is 12.9. The quantitative estimate of drug-likeness (QED) is 0.802. The lowest BCUT2D eigenvalue weighted by Gasteiger charge is -2.18. The van der Waals surface area contributed by atoms with E-state index in [1.165, 1.54) is 7.11 Å². The number of fused-ring (bicyclic) bond motifs is 1. The van der Waals surface area contributed by atoms with E-state index >= 15 is 0 Å². The molecule has 3 rings (SSSR count). The number of aliphatic imine (C=N–C) groups is 1. The summed E-state index contributed by atoms with van der Waals surface area (Å²) >= 11 is 0. The average Bonchev–Trinajstić information content (AvgIpc) is 2.87. The number of anilines is 1. The van der Waals surface area contributed by atoms with Gasteiger partial charge < -0.3 is 9.64 Å². The second-order valence-electron chi connectivity index (χ2n) is 6.30. The molecule has 2 aromatic rings. The number of methoxy groups -OCH3 is 1. The van der Waals surface area contributed by atoms with Gasteiger partial charge in [-0.15, -0.1) is 0 Å². The minimum Gasteiger partial charge on any atom is -0.465 e. The Bertz CT molecular complexity index is 856. The lowest BCUT2D eigenvalue weighted by atomic mass is 10.1. The van der Waals surface area contributed by atoms with Gasteiger partial charge in [-0.3, -0.25) is 4.79 Å². The van der Waals surface area contributed by atoms with Crippen LogP contribution in [0.5, 0.6) is 0 Å². The predicted molar refractivity (Wildman–Crippen MR) is 97.6 cm³/mol. The first-order valence-corrected chi connectivity index (χ1v) is 8.20. The van der Waals surface area contributed by atoms with Gasteiger partial charge in [-0.05, 0) is 24.1 Å². The van der Waals surface area contributed by atoms with E-state index in [2.05, 4.69) is 18.8 Å². The largest absolute Gasteiger partial charge is 0.465 e. The van der Waals surface area contributed by atoms with Gasteiger partial charge >= 0.3 is 5.97 Å². The zero-order chi connectivity index (χ0) is 18.0. The maximum absolute atomic E-state index is 12.9. The Labute approximate surface area is 146 Å². The predicted octanol–water partition coefficient (Wildman–Crippen LogP) is 3.60. The molecule has 0 aromatic heterocycles. The van der Waals surface area contributed by atoms with E-state index in [0.717, 1.165) is 11.3 Å². The third kappa shape index (κ3) is 3.18. The van der Waals surface area contributed by atoms with Crippen LogP contribution < -0.4 is 4.90 Å². The number of hydrogen-bond acceptors (Lipinski definition) is 4. The van der Waals surface area contributed by atoms with Crippen molar-refractivity contribution in [2.24, 2.45) is 10.9 Å². The average molecular weight is 336 g/mol. The van der Waals surface area contributed by atoms with Crippen molar-refractivity contribution in [3.8, 4) is 0 Å². The molecule has 0 fully saturated rings. The molecule has 25 heavy (non-hydrogen) atoms. The number of carbonyl (C=O) groups is 2. The Morgan fingerprint density at radius 2 is 1.80 bits per heavy atom. The number of benzene rings is 2. The van der Waals surface area contributed by atoms with Crippen LogP contribution >= 0.6 is 0 Å². The molecule has 0 saturated heterocycles. The van der Waals surface area contributed by atoms with E-state index in [9.17, 15) is 9.59 Å². The molecular weight excluding hydrogens is 316 g/mol. The summed E-state index contributed by atoms with van der Waals surface area (Å²) in [6.45, 7) is 4.75. The molecule has 0 bridgehead atoms. The summed E-state index contributed by atoms with van der Waals surface area (Å²) in [5, 5.41) is 0. The van der Waals surface area contributed by atoms with E-state index in [-0.39, 0.29) is 5.91 Å². The Morgan fingerprint density at radius 1 is 1.12 bits per heavy atom. The van der Waals surface area contributed by atoms with Crippen LogP contribution in [0.2, 0.25) is 0 Å². The van der Waals surface area contributed by atoms with Gasteiger partial charge in [0.2, 0.25) is 0 Å². The van der Waals surface area contributed by atoms with Crippen molar-refractivity contribution in [2.75, 3.05) is 18.6 Å². The molecule has 1 aliphatic heterocycles. The van der Waals surface area contributed by atoms with Gasteiger partial charge in [-0.2, -0.15) is 0 Å². The molecular formula is C20H20N2O3. The first kappa shape index (κ1) is 16.9. The third-order valence-corrected chi connectivity index (χ3v) is 3.99. The van der Waals surface area contributed by atoms with Crippen LogP contribution in [0.4, 0.5) is 11.4 Å². The fourth-order valence-electron chi connectivity index (χ4n) is 2.89. The SMILES string of the molecule is COC(=O)c1ccccc1N=C1C(=O)N(CC(C)C)c2ccccc21. The summed E-state index contributed by atoms with van der Waals surface area (Å²) in [4.78, 5) is 31.2. The molecule has 2 aromatic carbocycles. The van der Waals surface area contributed by atoms with Gasteiger partial charge in [0.1, 0.15) is 5.71 Å². The van der Waals surface area contributed by atoms with E-state index in [1.54, 1.807) is 29.2 Å². The molecule has 1 amide bonds. The maximum Gasteiger partial charge on any atom is 0.340 e. The standard InChI is InChI=1S/C20H20N2O3/c1-13(2)12-22-17-11-7-5-9-15(17)18(19(22)23)21-16-10-6-4-8-14(16)20(24)25-3/h4-11,13H,12H2,1-3H3. The Balaban J connectivity index is 2.11. The molecule has 0 unspecified atom stereocenters. The molecule has 1 aliphatic rings. The summed E-state index contributed by atoms with van der Waals surface area (Å²) in [6.07, 6.45) is 0. The highest BCUT2D eigenvalue weighted by Crippen LogP contribution is 2.32. The minimum absolute atomic E-state index is 0.144. The van der Waals surface area contributed by atoms with Gasteiger partial charge in [0.25, 0.3) is 5.91 Å². The number of ether oxygens (including phenoxy) is 1.